The van der Waals surface area contributed by atoms with Gasteiger partial charge in [0.25, 0.3) is 0 Å². The number of halogens is 2. The molecule has 0 fully saturated rings. The minimum Gasteiger partial charge on any atom is -0.335 e. The number of carbonyl (C=O) groups is 1. The molecule has 2 N–H and O–H groups in total. The number of para-hydroxylation sites is 1. The number of fused-ring (bicyclic) bond motifs is 3. The van der Waals surface area contributed by atoms with E-state index < -0.39 is 0 Å². The summed E-state index contributed by atoms with van der Waals surface area (Å²) in [6, 6.07) is 13.9. The molecule has 1 aliphatic heterocycles. The van der Waals surface area contributed by atoms with Crippen LogP contribution < -0.4 is 10.6 Å². The van der Waals surface area contributed by atoms with Gasteiger partial charge in [0, 0.05) is 40.3 Å². The Morgan fingerprint density at radius 2 is 1.93 bits per heavy atom. The third kappa shape index (κ3) is 3.84. The highest BCUT2D eigenvalue weighted by atomic mass is 35.5. The number of benzene rings is 2. The number of amides is 1. The Kier molecular flexibility index (Phi) is 6.10. The minimum atomic E-state index is -0.0314. The summed E-state index contributed by atoms with van der Waals surface area (Å²) >= 11 is 6.17. The van der Waals surface area contributed by atoms with Crippen LogP contribution in [0.3, 0.4) is 0 Å². The first-order valence-electron chi connectivity index (χ1n) is 9.00. The van der Waals surface area contributed by atoms with Crippen LogP contribution in [0.4, 0.5) is 5.69 Å². The molecule has 1 aliphatic rings. The summed E-state index contributed by atoms with van der Waals surface area (Å²) in [5.74, 6) is -0.0314. The lowest BCUT2D eigenvalue weighted by Crippen LogP contribution is -2.21. The molecule has 4 nitrogen and oxygen atoms in total. The smallest absolute Gasteiger partial charge is 0.244 e. The summed E-state index contributed by atoms with van der Waals surface area (Å²) in [6.45, 7) is 4.15. The molecule has 142 valence electrons. The fourth-order valence-corrected chi connectivity index (χ4v) is 3.97. The molecule has 0 unspecified atom stereocenters. The molecule has 1 aromatic heterocycles. The van der Waals surface area contributed by atoms with Gasteiger partial charge in [0.15, 0.2) is 0 Å². The van der Waals surface area contributed by atoms with Crippen molar-refractivity contribution >= 4 is 46.5 Å². The Morgan fingerprint density at radius 3 is 2.78 bits per heavy atom. The van der Waals surface area contributed by atoms with Crippen LogP contribution >= 0.6 is 24.0 Å². The van der Waals surface area contributed by atoms with E-state index in [0.29, 0.717) is 11.6 Å². The molecule has 2 aromatic carbocycles. The van der Waals surface area contributed by atoms with Gasteiger partial charge in [-0.05, 0) is 49.2 Å². The molecule has 1 amide bonds. The van der Waals surface area contributed by atoms with Crippen molar-refractivity contribution in [3.8, 4) is 0 Å². The molecular weight excluding hydrogens is 381 g/mol. The van der Waals surface area contributed by atoms with Crippen molar-refractivity contribution < 1.29 is 4.79 Å². The summed E-state index contributed by atoms with van der Waals surface area (Å²) in [5, 5.41) is 8.39. The summed E-state index contributed by atoms with van der Waals surface area (Å²) in [5.41, 5.74) is 5.44. The van der Waals surface area contributed by atoms with Crippen molar-refractivity contribution in [1.29, 1.82) is 0 Å². The van der Waals surface area contributed by atoms with Crippen molar-refractivity contribution in [1.82, 2.24) is 9.88 Å². The number of anilines is 1. The number of nitrogens with one attached hydrogen (secondary N) is 2. The van der Waals surface area contributed by atoms with Crippen LogP contribution in [0.5, 0.6) is 0 Å². The van der Waals surface area contributed by atoms with Gasteiger partial charge >= 0.3 is 0 Å². The predicted molar refractivity (Wildman–Crippen MR) is 114 cm³/mol. The second-order valence-electron chi connectivity index (χ2n) is 6.74. The molecule has 6 heteroatoms. The van der Waals surface area contributed by atoms with Gasteiger partial charge in [-0.2, -0.15) is 0 Å². The monoisotopic (exact) mass is 403 g/mol. The van der Waals surface area contributed by atoms with E-state index in [1.807, 2.05) is 31.2 Å². The van der Waals surface area contributed by atoms with Crippen LogP contribution in [0.25, 0.3) is 10.9 Å². The molecule has 3 aromatic rings. The van der Waals surface area contributed by atoms with E-state index in [1.165, 1.54) is 16.6 Å². The maximum atomic E-state index is 12.8. The molecular formula is C21H23Cl2N3O. The van der Waals surface area contributed by atoms with Crippen LogP contribution in [0, 0.1) is 6.92 Å². The molecule has 27 heavy (non-hydrogen) atoms. The van der Waals surface area contributed by atoms with Gasteiger partial charge in [0.2, 0.25) is 5.91 Å². The Labute approximate surface area is 170 Å². The van der Waals surface area contributed by atoms with E-state index >= 15 is 0 Å². The van der Waals surface area contributed by atoms with E-state index in [2.05, 4.69) is 33.4 Å². The fraction of sp³-hybridized carbons (Fsp3) is 0.286. The van der Waals surface area contributed by atoms with Crippen molar-refractivity contribution in [2.75, 3.05) is 18.4 Å². The molecule has 0 atom stereocenters. The van der Waals surface area contributed by atoms with Crippen LogP contribution in [-0.2, 0) is 24.2 Å². The normalized spacial score (nSPS) is 13.6. The van der Waals surface area contributed by atoms with Crippen LogP contribution in [0.2, 0.25) is 5.02 Å². The van der Waals surface area contributed by atoms with Crippen molar-refractivity contribution in [3.63, 3.8) is 0 Å². The zero-order valence-corrected chi connectivity index (χ0v) is 16.8. The number of nitrogens with zero attached hydrogens (tertiary/aromatic N) is 1. The van der Waals surface area contributed by atoms with Crippen LogP contribution in [0.1, 0.15) is 16.8 Å². The van der Waals surface area contributed by atoms with E-state index in [-0.39, 0.29) is 18.3 Å². The number of hydrogen-bond acceptors (Lipinski definition) is 2. The van der Waals surface area contributed by atoms with E-state index in [1.54, 1.807) is 0 Å². The Hall–Kier alpha value is -2.01. The lowest BCUT2D eigenvalue weighted by atomic mass is 10.1. The topological polar surface area (TPSA) is 46.1 Å². The molecule has 0 bridgehead atoms. The highest BCUT2D eigenvalue weighted by Crippen LogP contribution is 2.28. The second-order valence-corrected chi connectivity index (χ2v) is 7.15. The quantitative estimate of drug-likeness (QED) is 0.682. The summed E-state index contributed by atoms with van der Waals surface area (Å²) in [7, 11) is 0. The predicted octanol–water partition coefficient (Wildman–Crippen LogP) is 4.35. The molecule has 0 radical (unpaired) electrons. The molecule has 0 saturated heterocycles. The molecule has 2 heterocycles. The number of rotatable bonds is 3. The maximum Gasteiger partial charge on any atom is 0.244 e. The van der Waals surface area contributed by atoms with Gasteiger partial charge in [-0.25, -0.2) is 0 Å². The van der Waals surface area contributed by atoms with E-state index in [9.17, 15) is 4.79 Å². The fourth-order valence-electron chi connectivity index (χ4n) is 3.79. The second kappa shape index (κ2) is 8.34. The van der Waals surface area contributed by atoms with Gasteiger partial charge < -0.3 is 15.2 Å². The number of carbonyl (C=O) groups excluding carboxylic acids is 1. The molecule has 0 saturated carbocycles. The molecule has 0 aliphatic carbocycles. The first-order valence-corrected chi connectivity index (χ1v) is 9.37. The first kappa shape index (κ1) is 19.7. The van der Waals surface area contributed by atoms with E-state index in [4.69, 9.17) is 11.6 Å². The van der Waals surface area contributed by atoms with E-state index in [0.717, 1.165) is 42.7 Å². The molecule has 0 spiro atoms. The first-order chi connectivity index (χ1) is 12.6. The summed E-state index contributed by atoms with van der Waals surface area (Å²) < 4.78 is 2.17. The maximum absolute atomic E-state index is 12.8. The van der Waals surface area contributed by atoms with Crippen molar-refractivity contribution in [2.24, 2.45) is 0 Å². The van der Waals surface area contributed by atoms with Gasteiger partial charge in [-0.3, -0.25) is 4.79 Å². The zero-order chi connectivity index (χ0) is 18.1. The van der Waals surface area contributed by atoms with Gasteiger partial charge in [0.05, 0.1) is 0 Å². The summed E-state index contributed by atoms with van der Waals surface area (Å²) in [4.78, 5) is 12.8. The third-order valence-corrected chi connectivity index (χ3v) is 5.54. The van der Waals surface area contributed by atoms with Crippen LogP contribution in [-0.4, -0.2) is 23.6 Å². The van der Waals surface area contributed by atoms with Crippen molar-refractivity contribution in [3.05, 3.63) is 64.3 Å². The number of hydrogen-bond donors (Lipinski definition) is 2. The average Bonchev–Trinajstić information content (AvgIpc) is 2.79. The standard InChI is InChI=1S/C21H22ClN3O.ClH/c1-14-17(22)6-4-7-18(14)24-21(26)13-25-19-8-3-2-5-15(19)16-9-11-23-12-10-20(16)25;/h2-8,23H,9-13H2,1H3,(H,24,26);1H. The van der Waals surface area contributed by atoms with Gasteiger partial charge in [-0.1, -0.05) is 35.9 Å². The Bertz CT molecular complexity index is 981. The largest absolute Gasteiger partial charge is 0.335 e. The zero-order valence-electron chi connectivity index (χ0n) is 15.2. The highest BCUT2D eigenvalue weighted by Gasteiger charge is 2.20. The SMILES string of the molecule is Cc1c(Cl)cccc1NC(=O)Cn1c2c(c3ccccc31)CCNCC2.Cl. The minimum absolute atomic E-state index is 0. The van der Waals surface area contributed by atoms with Crippen molar-refractivity contribution in [2.45, 2.75) is 26.3 Å². The summed E-state index contributed by atoms with van der Waals surface area (Å²) in [6.07, 6.45) is 1.94. The molecule has 4 rings (SSSR count). The van der Waals surface area contributed by atoms with Gasteiger partial charge in [-0.15, -0.1) is 12.4 Å². The van der Waals surface area contributed by atoms with Crippen LogP contribution in [0.15, 0.2) is 42.5 Å². The lowest BCUT2D eigenvalue weighted by molar-refractivity contribution is -0.116. The third-order valence-electron chi connectivity index (χ3n) is 5.13. The Balaban J connectivity index is 0.00000210. The van der Waals surface area contributed by atoms with Gasteiger partial charge in [0.1, 0.15) is 6.54 Å². The average molecular weight is 404 g/mol. The Morgan fingerprint density at radius 1 is 1.15 bits per heavy atom. The highest BCUT2D eigenvalue weighted by molar-refractivity contribution is 6.31. The number of aromatic nitrogens is 1. The lowest BCUT2D eigenvalue weighted by Gasteiger charge is -2.13.